The molecule has 1 aliphatic heterocycles. The largest absolute Gasteiger partial charge is 0.353 e. The number of piperazine rings is 1. The molecule has 1 aromatic heterocycles. The molecule has 1 aliphatic rings. The summed E-state index contributed by atoms with van der Waals surface area (Å²) in [7, 11) is 0. The summed E-state index contributed by atoms with van der Waals surface area (Å²) in [5, 5.41) is 19.9. The highest BCUT2D eigenvalue weighted by Gasteiger charge is 2.24. The molecule has 0 N–H and O–H groups in total. The maximum Gasteiger partial charge on any atom is 0.305 e. The summed E-state index contributed by atoms with van der Waals surface area (Å²) < 4.78 is 0. The van der Waals surface area contributed by atoms with Crippen molar-refractivity contribution in [3.05, 3.63) is 63.8 Å². The molecule has 1 amide bonds. The zero-order valence-electron chi connectivity index (χ0n) is 13.3. The van der Waals surface area contributed by atoms with Gasteiger partial charge in [-0.15, -0.1) is 0 Å². The SMILES string of the molecule is N#Cc1nc(N2CCN(C(=O)c3ccccc3)CC2)ccc1[N+](=O)[O-]. The molecule has 3 rings (SSSR count). The van der Waals surface area contributed by atoms with Crippen LogP contribution in [0.2, 0.25) is 0 Å². The lowest BCUT2D eigenvalue weighted by Crippen LogP contribution is -2.49. The highest BCUT2D eigenvalue weighted by molar-refractivity contribution is 5.94. The molecule has 0 radical (unpaired) electrons. The van der Waals surface area contributed by atoms with E-state index in [0.717, 1.165) is 0 Å². The minimum Gasteiger partial charge on any atom is -0.353 e. The van der Waals surface area contributed by atoms with Gasteiger partial charge in [0.1, 0.15) is 11.9 Å². The summed E-state index contributed by atoms with van der Waals surface area (Å²) in [4.78, 5) is 30.5. The van der Waals surface area contributed by atoms with Crippen LogP contribution in [-0.4, -0.2) is 46.9 Å². The van der Waals surface area contributed by atoms with Crippen LogP contribution in [0.3, 0.4) is 0 Å². The second-order valence-electron chi connectivity index (χ2n) is 5.55. The molecule has 1 saturated heterocycles. The van der Waals surface area contributed by atoms with Gasteiger partial charge in [0.05, 0.1) is 4.92 Å². The van der Waals surface area contributed by atoms with Gasteiger partial charge in [0.2, 0.25) is 5.69 Å². The molecule has 1 fully saturated rings. The molecule has 25 heavy (non-hydrogen) atoms. The first-order valence-electron chi connectivity index (χ1n) is 7.75. The maximum absolute atomic E-state index is 12.4. The van der Waals surface area contributed by atoms with Gasteiger partial charge in [-0.05, 0) is 18.2 Å². The predicted molar refractivity (Wildman–Crippen MR) is 90.2 cm³/mol. The molecule has 0 spiro atoms. The van der Waals surface area contributed by atoms with Gasteiger partial charge in [0, 0.05) is 37.8 Å². The van der Waals surface area contributed by atoms with E-state index in [9.17, 15) is 14.9 Å². The van der Waals surface area contributed by atoms with Crippen LogP contribution in [0.15, 0.2) is 42.5 Å². The third-order valence-corrected chi connectivity index (χ3v) is 4.07. The van der Waals surface area contributed by atoms with Crippen LogP contribution in [0.5, 0.6) is 0 Å². The molecule has 8 nitrogen and oxygen atoms in total. The van der Waals surface area contributed by atoms with E-state index in [1.807, 2.05) is 23.1 Å². The summed E-state index contributed by atoms with van der Waals surface area (Å²) in [6.07, 6.45) is 0. The van der Waals surface area contributed by atoms with Crippen molar-refractivity contribution in [2.24, 2.45) is 0 Å². The van der Waals surface area contributed by atoms with Crippen molar-refractivity contribution in [2.75, 3.05) is 31.1 Å². The molecule has 1 aromatic carbocycles. The quantitative estimate of drug-likeness (QED) is 0.625. The molecule has 126 valence electrons. The maximum atomic E-state index is 12.4. The molecule has 0 unspecified atom stereocenters. The Labute approximate surface area is 144 Å². The topological polar surface area (TPSA) is 103 Å². The van der Waals surface area contributed by atoms with Crippen molar-refractivity contribution in [1.82, 2.24) is 9.88 Å². The van der Waals surface area contributed by atoms with Crippen molar-refractivity contribution in [3.8, 4) is 6.07 Å². The third-order valence-electron chi connectivity index (χ3n) is 4.07. The van der Waals surface area contributed by atoms with Gasteiger partial charge < -0.3 is 9.80 Å². The molecule has 0 atom stereocenters. The number of pyridine rings is 1. The van der Waals surface area contributed by atoms with Crippen LogP contribution >= 0.6 is 0 Å². The lowest BCUT2D eigenvalue weighted by Gasteiger charge is -2.35. The van der Waals surface area contributed by atoms with Gasteiger partial charge in [-0.1, -0.05) is 18.2 Å². The van der Waals surface area contributed by atoms with Gasteiger partial charge in [0.25, 0.3) is 5.91 Å². The van der Waals surface area contributed by atoms with Crippen LogP contribution < -0.4 is 4.90 Å². The van der Waals surface area contributed by atoms with Crippen molar-refractivity contribution in [1.29, 1.82) is 5.26 Å². The van der Waals surface area contributed by atoms with Crippen LogP contribution in [0.4, 0.5) is 11.5 Å². The smallest absolute Gasteiger partial charge is 0.305 e. The van der Waals surface area contributed by atoms with E-state index in [2.05, 4.69) is 4.98 Å². The summed E-state index contributed by atoms with van der Waals surface area (Å²) in [5.74, 6) is 0.489. The average Bonchev–Trinajstić information content (AvgIpc) is 2.67. The number of hydrogen-bond donors (Lipinski definition) is 0. The fraction of sp³-hybridized carbons (Fsp3) is 0.235. The third kappa shape index (κ3) is 3.40. The van der Waals surface area contributed by atoms with Gasteiger partial charge in [-0.2, -0.15) is 5.26 Å². The second-order valence-corrected chi connectivity index (χ2v) is 5.55. The van der Waals surface area contributed by atoms with Crippen LogP contribution in [0.1, 0.15) is 16.1 Å². The van der Waals surface area contributed by atoms with E-state index in [4.69, 9.17) is 5.26 Å². The first-order valence-corrected chi connectivity index (χ1v) is 7.75. The number of nitro groups is 1. The molecule has 0 saturated carbocycles. The molecular weight excluding hydrogens is 322 g/mol. The van der Waals surface area contributed by atoms with Gasteiger partial charge in [-0.3, -0.25) is 14.9 Å². The minimum atomic E-state index is -0.619. The van der Waals surface area contributed by atoms with Crippen molar-refractivity contribution < 1.29 is 9.72 Å². The second kappa shape index (κ2) is 6.97. The Kier molecular flexibility index (Phi) is 4.57. The normalized spacial score (nSPS) is 14.0. The fourth-order valence-corrected chi connectivity index (χ4v) is 2.75. The number of nitriles is 1. The van der Waals surface area contributed by atoms with E-state index < -0.39 is 4.92 Å². The Balaban J connectivity index is 1.69. The molecule has 0 aliphatic carbocycles. The zero-order chi connectivity index (χ0) is 17.8. The lowest BCUT2D eigenvalue weighted by atomic mass is 10.2. The first kappa shape index (κ1) is 16.4. The minimum absolute atomic E-state index is 0.0189. The monoisotopic (exact) mass is 337 g/mol. The number of carbonyl (C=O) groups excluding carboxylic acids is 1. The van der Waals surface area contributed by atoms with Gasteiger partial charge >= 0.3 is 5.69 Å². The molecule has 2 heterocycles. The highest BCUT2D eigenvalue weighted by Crippen LogP contribution is 2.22. The molecule has 0 bridgehead atoms. The number of anilines is 1. The molecular formula is C17H15N5O3. The van der Waals surface area contributed by atoms with E-state index in [-0.39, 0.29) is 17.3 Å². The van der Waals surface area contributed by atoms with Crippen LogP contribution in [0, 0.1) is 21.4 Å². The van der Waals surface area contributed by atoms with Crippen molar-refractivity contribution >= 4 is 17.4 Å². The number of benzene rings is 1. The number of aromatic nitrogens is 1. The standard InChI is InChI=1S/C17H15N5O3/c18-12-14-15(22(24)25)6-7-16(19-14)20-8-10-21(11-9-20)17(23)13-4-2-1-3-5-13/h1-7H,8-11H2. The summed E-state index contributed by atoms with van der Waals surface area (Å²) in [5.41, 5.74) is 0.144. The van der Waals surface area contributed by atoms with Crippen LogP contribution in [-0.2, 0) is 0 Å². The Morgan fingerprint density at radius 1 is 1.12 bits per heavy atom. The van der Waals surface area contributed by atoms with Gasteiger partial charge in [-0.25, -0.2) is 4.98 Å². The van der Waals surface area contributed by atoms with Crippen molar-refractivity contribution in [3.63, 3.8) is 0 Å². The Hall–Kier alpha value is -3.47. The fourth-order valence-electron chi connectivity index (χ4n) is 2.75. The zero-order valence-corrected chi connectivity index (χ0v) is 13.3. The van der Waals surface area contributed by atoms with E-state index in [1.54, 1.807) is 23.1 Å². The Morgan fingerprint density at radius 3 is 2.40 bits per heavy atom. The Bertz CT molecular complexity index is 839. The molecule has 8 heteroatoms. The first-order chi connectivity index (χ1) is 12.1. The summed E-state index contributed by atoms with van der Waals surface area (Å²) in [6.45, 7) is 2.14. The molecule has 2 aromatic rings. The van der Waals surface area contributed by atoms with E-state index >= 15 is 0 Å². The van der Waals surface area contributed by atoms with E-state index in [1.165, 1.54) is 12.1 Å². The number of rotatable bonds is 3. The average molecular weight is 337 g/mol. The number of carbonyl (C=O) groups is 1. The van der Waals surface area contributed by atoms with Gasteiger partial charge in [0.15, 0.2) is 0 Å². The predicted octanol–water partition coefficient (Wildman–Crippen LogP) is 1.82. The number of hydrogen-bond acceptors (Lipinski definition) is 6. The highest BCUT2D eigenvalue weighted by atomic mass is 16.6. The lowest BCUT2D eigenvalue weighted by molar-refractivity contribution is -0.385. The van der Waals surface area contributed by atoms with Crippen molar-refractivity contribution in [2.45, 2.75) is 0 Å². The summed E-state index contributed by atoms with van der Waals surface area (Å²) >= 11 is 0. The number of amides is 1. The van der Waals surface area contributed by atoms with E-state index in [0.29, 0.717) is 37.6 Å². The van der Waals surface area contributed by atoms with Crippen LogP contribution in [0.25, 0.3) is 0 Å². The number of nitrogens with zero attached hydrogens (tertiary/aromatic N) is 5. The summed E-state index contributed by atoms with van der Waals surface area (Å²) in [6, 6.07) is 13.7. The Morgan fingerprint density at radius 2 is 1.80 bits per heavy atom.